The maximum Gasteiger partial charge on any atom is 0.245 e. The van der Waals surface area contributed by atoms with Crippen LogP contribution in [0.5, 0.6) is 0 Å². The van der Waals surface area contributed by atoms with Gasteiger partial charge in [0.15, 0.2) is 0 Å². The van der Waals surface area contributed by atoms with E-state index in [0.717, 1.165) is 12.0 Å². The van der Waals surface area contributed by atoms with Crippen molar-refractivity contribution in [1.82, 2.24) is 0 Å². The van der Waals surface area contributed by atoms with E-state index in [1.165, 1.54) is 6.08 Å². The van der Waals surface area contributed by atoms with E-state index in [2.05, 4.69) is 0 Å². The summed E-state index contributed by atoms with van der Waals surface area (Å²) in [6.45, 7) is 3.85. The molecule has 0 radical (unpaired) electrons. The molecule has 0 bridgehead atoms. The predicted octanol–water partition coefficient (Wildman–Crippen LogP) is 2.11. The SMILES string of the molecule is CC/C(C)=C\C(=O)Cl. The average Bonchev–Trinajstić information content (AvgIpc) is 1.65. The minimum Gasteiger partial charge on any atom is -0.276 e. The third kappa shape index (κ3) is 3.88. The lowest BCUT2D eigenvalue weighted by Crippen LogP contribution is -1.79. The maximum absolute atomic E-state index is 10.1. The Hall–Kier alpha value is -0.300. The Balaban J connectivity index is 3.75. The molecule has 0 saturated carbocycles. The molecule has 1 nitrogen and oxygen atoms in total. The third-order valence-electron chi connectivity index (χ3n) is 0.918. The van der Waals surface area contributed by atoms with Crippen LogP contribution in [0.1, 0.15) is 20.3 Å². The fourth-order valence-corrected chi connectivity index (χ4v) is 0.482. The topological polar surface area (TPSA) is 17.1 Å². The van der Waals surface area contributed by atoms with Gasteiger partial charge in [-0.25, -0.2) is 0 Å². The van der Waals surface area contributed by atoms with Crippen LogP contribution in [-0.4, -0.2) is 5.24 Å². The maximum atomic E-state index is 10.1. The normalized spacial score (nSPS) is 11.6. The highest BCUT2D eigenvalue weighted by Crippen LogP contribution is 1.98. The zero-order chi connectivity index (χ0) is 6.57. The Bertz CT molecular complexity index is 116. The molecule has 0 saturated heterocycles. The van der Waals surface area contributed by atoms with Crippen molar-refractivity contribution in [1.29, 1.82) is 0 Å². The van der Waals surface area contributed by atoms with E-state index < -0.39 is 0 Å². The number of rotatable bonds is 2. The van der Waals surface area contributed by atoms with Gasteiger partial charge in [-0.3, -0.25) is 4.79 Å². The highest BCUT2D eigenvalue weighted by molar-refractivity contribution is 6.66. The molecule has 0 fully saturated rings. The fraction of sp³-hybridized carbons (Fsp3) is 0.500. The molecule has 0 aromatic heterocycles. The number of hydrogen-bond acceptors (Lipinski definition) is 1. The molecule has 0 aromatic rings. The molecule has 8 heavy (non-hydrogen) atoms. The Morgan fingerprint density at radius 1 is 1.75 bits per heavy atom. The van der Waals surface area contributed by atoms with E-state index >= 15 is 0 Å². The van der Waals surface area contributed by atoms with Gasteiger partial charge in [-0.05, 0) is 31.0 Å². The monoisotopic (exact) mass is 132 g/mol. The van der Waals surface area contributed by atoms with Crippen LogP contribution in [-0.2, 0) is 4.79 Å². The highest BCUT2D eigenvalue weighted by atomic mass is 35.5. The molecule has 0 aliphatic rings. The molecule has 0 spiro atoms. The standard InChI is InChI=1S/C6H9ClO/c1-3-5(2)4-6(7)8/h4H,3H2,1-2H3/b5-4-. The average molecular weight is 133 g/mol. The lowest BCUT2D eigenvalue weighted by Gasteiger charge is -1.87. The number of carbonyl (C=O) groups excluding carboxylic acids is 1. The second-order valence-corrected chi connectivity index (χ2v) is 2.02. The van der Waals surface area contributed by atoms with Gasteiger partial charge in [-0.2, -0.15) is 0 Å². The van der Waals surface area contributed by atoms with Crippen molar-refractivity contribution >= 4 is 16.8 Å². The fourth-order valence-electron chi connectivity index (χ4n) is 0.296. The van der Waals surface area contributed by atoms with E-state index in [0.29, 0.717) is 0 Å². The first-order valence-corrected chi connectivity index (χ1v) is 2.91. The van der Waals surface area contributed by atoms with Crippen LogP contribution in [0.2, 0.25) is 0 Å². The summed E-state index contributed by atoms with van der Waals surface area (Å²) < 4.78 is 0. The Kier molecular flexibility index (Phi) is 3.53. The summed E-state index contributed by atoms with van der Waals surface area (Å²) in [4.78, 5) is 10.1. The number of hydrogen-bond donors (Lipinski definition) is 0. The summed E-state index contributed by atoms with van der Waals surface area (Å²) in [6, 6.07) is 0. The summed E-state index contributed by atoms with van der Waals surface area (Å²) in [5, 5.41) is -0.385. The quantitative estimate of drug-likeness (QED) is 0.416. The van der Waals surface area contributed by atoms with Gasteiger partial charge in [0.25, 0.3) is 0 Å². The molecule has 0 aromatic carbocycles. The smallest absolute Gasteiger partial charge is 0.245 e. The van der Waals surface area contributed by atoms with Gasteiger partial charge >= 0.3 is 0 Å². The van der Waals surface area contributed by atoms with Crippen LogP contribution in [0.4, 0.5) is 0 Å². The van der Waals surface area contributed by atoms with Gasteiger partial charge < -0.3 is 0 Å². The van der Waals surface area contributed by atoms with Crippen LogP contribution in [0, 0.1) is 0 Å². The Labute approximate surface area is 54.3 Å². The highest BCUT2D eigenvalue weighted by Gasteiger charge is 1.87. The largest absolute Gasteiger partial charge is 0.276 e. The zero-order valence-electron chi connectivity index (χ0n) is 5.07. The van der Waals surface area contributed by atoms with E-state index in [9.17, 15) is 4.79 Å². The molecule has 0 aliphatic carbocycles. The van der Waals surface area contributed by atoms with Gasteiger partial charge in [0.2, 0.25) is 5.24 Å². The summed E-state index contributed by atoms with van der Waals surface area (Å²) in [5.74, 6) is 0. The van der Waals surface area contributed by atoms with Crippen LogP contribution in [0.15, 0.2) is 11.6 Å². The summed E-state index contributed by atoms with van der Waals surface area (Å²) >= 11 is 5.04. The molecule has 0 unspecified atom stereocenters. The first-order valence-electron chi connectivity index (χ1n) is 2.53. The Morgan fingerprint density at radius 3 is 2.38 bits per heavy atom. The molecule has 0 N–H and O–H groups in total. The first-order chi connectivity index (χ1) is 3.66. The second-order valence-electron chi connectivity index (χ2n) is 1.65. The van der Waals surface area contributed by atoms with Crippen molar-refractivity contribution in [2.45, 2.75) is 20.3 Å². The number of allylic oxidation sites excluding steroid dienone is 2. The lowest BCUT2D eigenvalue weighted by molar-refractivity contribution is -0.107. The van der Waals surface area contributed by atoms with Gasteiger partial charge in [-0.1, -0.05) is 12.5 Å². The van der Waals surface area contributed by atoms with Gasteiger partial charge in [0, 0.05) is 0 Å². The van der Waals surface area contributed by atoms with Gasteiger partial charge in [-0.15, -0.1) is 0 Å². The van der Waals surface area contributed by atoms with Crippen molar-refractivity contribution < 1.29 is 4.79 Å². The summed E-state index contributed by atoms with van der Waals surface area (Å²) in [6.07, 6.45) is 2.32. The molecule has 0 aliphatic heterocycles. The molecule has 2 heteroatoms. The third-order valence-corrected chi connectivity index (χ3v) is 1.03. The Morgan fingerprint density at radius 2 is 2.25 bits per heavy atom. The van der Waals surface area contributed by atoms with E-state index in [4.69, 9.17) is 11.6 Å². The van der Waals surface area contributed by atoms with Crippen molar-refractivity contribution in [3.63, 3.8) is 0 Å². The van der Waals surface area contributed by atoms with Crippen LogP contribution in [0.3, 0.4) is 0 Å². The molecular weight excluding hydrogens is 124 g/mol. The molecular formula is C6H9ClO. The molecule has 46 valence electrons. The van der Waals surface area contributed by atoms with Gasteiger partial charge in [0.05, 0.1) is 0 Å². The lowest BCUT2D eigenvalue weighted by atomic mass is 10.2. The second kappa shape index (κ2) is 3.67. The molecule has 0 amide bonds. The van der Waals surface area contributed by atoms with Crippen LogP contribution in [0.25, 0.3) is 0 Å². The minimum absolute atomic E-state index is 0.385. The van der Waals surface area contributed by atoms with Crippen LogP contribution >= 0.6 is 11.6 Å². The van der Waals surface area contributed by atoms with Crippen molar-refractivity contribution in [2.24, 2.45) is 0 Å². The molecule has 0 rings (SSSR count). The zero-order valence-corrected chi connectivity index (χ0v) is 5.83. The first kappa shape index (κ1) is 7.70. The van der Waals surface area contributed by atoms with Crippen molar-refractivity contribution in [2.75, 3.05) is 0 Å². The summed E-state index contributed by atoms with van der Waals surface area (Å²) in [7, 11) is 0. The molecule has 0 heterocycles. The van der Waals surface area contributed by atoms with E-state index in [1.807, 2.05) is 13.8 Å². The van der Waals surface area contributed by atoms with E-state index in [1.54, 1.807) is 0 Å². The van der Waals surface area contributed by atoms with E-state index in [-0.39, 0.29) is 5.24 Å². The number of carbonyl (C=O) groups is 1. The summed E-state index contributed by atoms with van der Waals surface area (Å²) in [5.41, 5.74) is 1.02. The minimum atomic E-state index is -0.385. The van der Waals surface area contributed by atoms with Gasteiger partial charge in [0.1, 0.15) is 0 Å². The van der Waals surface area contributed by atoms with Crippen molar-refractivity contribution in [3.8, 4) is 0 Å². The predicted molar refractivity (Wildman–Crippen MR) is 34.9 cm³/mol. The number of halogens is 1. The van der Waals surface area contributed by atoms with Crippen molar-refractivity contribution in [3.05, 3.63) is 11.6 Å². The van der Waals surface area contributed by atoms with Crippen LogP contribution < -0.4 is 0 Å². The molecule has 0 atom stereocenters.